The summed E-state index contributed by atoms with van der Waals surface area (Å²) in [4.78, 5) is 4.47. The third-order valence-electron chi connectivity index (χ3n) is 2.57. The van der Waals surface area contributed by atoms with E-state index in [1.165, 1.54) is 0 Å². The SMILES string of the molecule is Cc1nc(C2OCCCC2CCl)cs1. The predicted octanol–water partition coefficient (Wildman–Crippen LogP) is 3.16. The maximum atomic E-state index is 5.93. The lowest BCUT2D eigenvalue weighted by Gasteiger charge is -2.29. The number of thiazole rings is 1. The molecule has 0 amide bonds. The topological polar surface area (TPSA) is 22.1 Å². The fourth-order valence-corrected chi connectivity index (χ4v) is 2.79. The van der Waals surface area contributed by atoms with Gasteiger partial charge in [0.15, 0.2) is 0 Å². The van der Waals surface area contributed by atoms with Crippen LogP contribution < -0.4 is 0 Å². The van der Waals surface area contributed by atoms with Gasteiger partial charge in [-0.1, -0.05) is 0 Å². The van der Waals surface area contributed by atoms with E-state index in [-0.39, 0.29) is 6.10 Å². The lowest BCUT2D eigenvalue weighted by molar-refractivity contribution is -0.0230. The molecular weight excluding hydrogens is 218 g/mol. The van der Waals surface area contributed by atoms with Crippen molar-refractivity contribution in [2.75, 3.05) is 12.5 Å². The number of hydrogen-bond acceptors (Lipinski definition) is 3. The predicted molar refractivity (Wildman–Crippen MR) is 59.0 cm³/mol. The minimum absolute atomic E-state index is 0.131. The molecule has 0 radical (unpaired) electrons. The van der Waals surface area contributed by atoms with Crippen LogP contribution in [0.3, 0.4) is 0 Å². The van der Waals surface area contributed by atoms with Gasteiger partial charge in [-0.25, -0.2) is 4.98 Å². The first kappa shape index (κ1) is 10.4. The molecular formula is C10H14ClNOS. The third kappa shape index (κ3) is 2.10. The van der Waals surface area contributed by atoms with Gasteiger partial charge in [0.25, 0.3) is 0 Å². The average molecular weight is 232 g/mol. The van der Waals surface area contributed by atoms with E-state index in [1.807, 2.05) is 6.92 Å². The van der Waals surface area contributed by atoms with Crippen LogP contribution in [-0.2, 0) is 4.74 Å². The molecule has 14 heavy (non-hydrogen) atoms. The van der Waals surface area contributed by atoms with Crippen molar-refractivity contribution in [3.63, 3.8) is 0 Å². The summed E-state index contributed by atoms with van der Waals surface area (Å²) in [6.45, 7) is 2.86. The van der Waals surface area contributed by atoms with Crippen molar-refractivity contribution >= 4 is 22.9 Å². The molecule has 0 N–H and O–H groups in total. The minimum atomic E-state index is 0.131. The summed E-state index contributed by atoms with van der Waals surface area (Å²) in [7, 11) is 0. The van der Waals surface area contributed by atoms with E-state index in [2.05, 4.69) is 10.4 Å². The van der Waals surface area contributed by atoms with Crippen LogP contribution in [0.2, 0.25) is 0 Å². The van der Waals surface area contributed by atoms with Crippen LogP contribution in [-0.4, -0.2) is 17.5 Å². The molecule has 1 aromatic heterocycles. The zero-order valence-corrected chi connectivity index (χ0v) is 9.77. The van der Waals surface area contributed by atoms with Gasteiger partial charge in [0, 0.05) is 23.8 Å². The van der Waals surface area contributed by atoms with Crippen molar-refractivity contribution in [2.45, 2.75) is 25.9 Å². The Morgan fingerprint density at radius 2 is 2.57 bits per heavy atom. The molecule has 0 saturated carbocycles. The monoisotopic (exact) mass is 231 g/mol. The van der Waals surface area contributed by atoms with Crippen molar-refractivity contribution in [3.05, 3.63) is 16.1 Å². The molecule has 2 unspecified atom stereocenters. The first-order valence-electron chi connectivity index (χ1n) is 4.91. The zero-order valence-electron chi connectivity index (χ0n) is 8.20. The number of rotatable bonds is 2. The minimum Gasteiger partial charge on any atom is -0.372 e. The summed E-state index contributed by atoms with van der Waals surface area (Å²) >= 11 is 7.60. The number of nitrogens with zero attached hydrogens (tertiary/aromatic N) is 1. The second-order valence-electron chi connectivity index (χ2n) is 3.64. The molecule has 0 aliphatic carbocycles. The van der Waals surface area contributed by atoms with Crippen LogP contribution >= 0.6 is 22.9 Å². The largest absolute Gasteiger partial charge is 0.372 e. The molecule has 0 bridgehead atoms. The maximum Gasteiger partial charge on any atom is 0.104 e. The molecule has 1 aliphatic heterocycles. The molecule has 2 rings (SSSR count). The van der Waals surface area contributed by atoms with Crippen LogP contribution in [0.25, 0.3) is 0 Å². The van der Waals surface area contributed by atoms with E-state index in [4.69, 9.17) is 16.3 Å². The average Bonchev–Trinajstić information content (AvgIpc) is 2.65. The Kier molecular flexibility index (Phi) is 3.42. The van der Waals surface area contributed by atoms with Gasteiger partial charge in [0.1, 0.15) is 6.10 Å². The van der Waals surface area contributed by atoms with Crippen LogP contribution in [0.1, 0.15) is 29.6 Å². The number of hydrogen-bond donors (Lipinski definition) is 0. The first-order chi connectivity index (χ1) is 6.81. The van der Waals surface area contributed by atoms with E-state index in [0.717, 1.165) is 30.2 Å². The Labute approximate surface area is 93.3 Å². The number of ether oxygens (including phenoxy) is 1. The van der Waals surface area contributed by atoms with E-state index < -0.39 is 0 Å². The molecule has 0 spiro atoms. The summed E-state index contributed by atoms with van der Waals surface area (Å²) in [6, 6.07) is 0. The van der Waals surface area contributed by atoms with Crippen molar-refractivity contribution in [1.29, 1.82) is 0 Å². The molecule has 1 fully saturated rings. The fourth-order valence-electron chi connectivity index (χ4n) is 1.84. The highest BCUT2D eigenvalue weighted by Crippen LogP contribution is 2.34. The van der Waals surface area contributed by atoms with Crippen molar-refractivity contribution < 1.29 is 4.74 Å². The van der Waals surface area contributed by atoms with E-state index >= 15 is 0 Å². The molecule has 78 valence electrons. The second kappa shape index (κ2) is 4.60. The van der Waals surface area contributed by atoms with Gasteiger partial charge < -0.3 is 4.74 Å². The number of aromatic nitrogens is 1. The Balaban J connectivity index is 2.14. The van der Waals surface area contributed by atoms with Crippen LogP contribution in [0.4, 0.5) is 0 Å². The maximum absolute atomic E-state index is 5.93. The van der Waals surface area contributed by atoms with Crippen LogP contribution in [0.5, 0.6) is 0 Å². The molecule has 0 aromatic carbocycles. The number of aryl methyl sites for hydroxylation is 1. The third-order valence-corrected chi connectivity index (χ3v) is 3.76. The molecule has 2 heterocycles. The standard InChI is InChI=1S/C10H14ClNOS/c1-7-12-9(6-14-7)10-8(5-11)3-2-4-13-10/h6,8,10H,2-5H2,1H3. The van der Waals surface area contributed by atoms with Gasteiger partial charge in [0.05, 0.1) is 10.7 Å². The normalized spacial score (nSPS) is 27.9. The van der Waals surface area contributed by atoms with Crippen molar-refractivity contribution in [2.24, 2.45) is 5.92 Å². The van der Waals surface area contributed by atoms with E-state index in [1.54, 1.807) is 11.3 Å². The molecule has 2 nitrogen and oxygen atoms in total. The lowest BCUT2D eigenvalue weighted by atomic mass is 9.94. The van der Waals surface area contributed by atoms with Gasteiger partial charge in [-0.15, -0.1) is 22.9 Å². The highest BCUT2D eigenvalue weighted by Gasteiger charge is 2.28. The zero-order chi connectivity index (χ0) is 9.97. The van der Waals surface area contributed by atoms with Gasteiger partial charge in [-0.2, -0.15) is 0 Å². The summed E-state index contributed by atoms with van der Waals surface area (Å²) in [6.07, 6.45) is 2.41. The summed E-state index contributed by atoms with van der Waals surface area (Å²) in [5.41, 5.74) is 1.07. The second-order valence-corrected chi connectivity index (χ2v) is 5.01. The molecule has 1 saturated heterocycles. The highest BCUT2D eigenvalue weighted by atomic mass is 35.5. The highest BCUT2D eigenvalue weighted by molar-refractivity contribution is 7.09. The Morgan fingerprint density at radius 3 is 3.21 bits per heavy atom. The number of halogens is 1. The molecule has 2 atom stereocenters. The number of alkyl halides is 1. The first-order valence-corrected chi connectivity index (χ1v) is 6.32. The Morgan fingerprint density at radius 1 is 1.71 bits per heavy atom. The van der Waals surface area contributed by atoms with Crippen LogP contribution in [0, 0.1) is 12.8 Å². The van der Waals surface area contributed by atoms with Crippen molar-refractivity contribution in [1.82, 2.24) is 4.98 Å². The van der Waals surface area contributed by atoms with Gasteiger partial charge in [-0.3, -0.25) is 0 Å². The van der Waals surface area contributed by atoms with Gasteiger partial charge in [-0.05, 0) is 19.8 Å². The smallest absolute Gasteiger partial charge is 0.104 e. The molecule has 1 aliphatic rings. The molecule has 4 heteroatoms. The van der Waals surface area contributed by atoms with Crippen molar-refractivity contribution in [3.8, 4) is 0 Å². The quantitative estimate of drug-likeness (QED) is 0.730. The summed E-state index contributed by atoms with van der Waals surface area (Å²) in [5, 5.41) is 3.19. The lowest BCUT2D eigenvalue weighted by Crippen LogP contribution is -2.24. The fraction of sp³-hybridized carbons (Fsp3) is 0.700. The Bertz CT molecular complexity index is 302. The molecule has 1 aromatic rings. The summed E-state index contributed by atoms with van der Waals surface area (Å²) < 4.78 is 5.74. The van der Waals surface area contributed by atoms with Gasteiger partial charge >= 0.3 is 0 Å². The van der Waals surface area contributed by atoms with Crippen LogP contribution in [0.15, 0.2) is 5.38 Å². The van der Waals surface area contributed by atoms with E-state index in [9.17, 15) is 0 Å². The van der Waals surface area contributed by atoms with Gasteiger partial charge in [0.2, 0.25) is 0 Å². The van der Waals surface area contributed by atoms with E-state index in [0.29, 0.717) is 11.8 Å². The summed E-state index contributed by atoms with van der Waals surface area (Å²) in [5.74, 6) is 1.10. The Hall–Kier alpha value is -0.120.